The molecule has 1 heterocycles. The molecule has 2 unspecified atom stereocenters. The van der Waals surface area contributed by atoms with Crippen LogP contribution in [0.1, 0.15) is 26.0 Å². The molecular weight excluding hydrogens is 194 g/mol. The molecule has 2 N–H and O–H groups in total. The van der Waals surface area contributed by atoms with E-state index in [0.717, 1.165) is 17.9 Å². The molecule has 0 saturated carbocycles. The van der Waals surface area contributed by atoms with E-state index in [4.69, 9.17) is 10.2 Å². The van der Waals surface area contributed by atoms with Gasteiger partial charge in [0.25, 0.3) is 0 Å². The maximum Gasteiger partial charge on any atom is 0.105 e. The van der Waals surface area contributed by atoms with Gasteiger partial charge < -0.3 is 10.2 Å². The highest BCUT2D eigenvalue weighted by atomic mass is 32.2. The van der Waals surface area contributed by atoms with E-state index < -0.39 is 0 Å². The van der Waals surface area contributed by atoms with E-state index in [2.05, 4.69) is 13.8 Å². The third kappa shape index (κ3) is 4.20. The first-order chi connectivity index (χ1) is 6.72. The minimum Gasteiger partial charge on any atom is -0.469 e. The third-order valence-electron chi connectivity index (χ3n) is 2.21. The molecule has 2 atom stereocenters. The van der Waals surface area contributed by atoms with Crippen LogP contribution in [0.15, 0.2) is 22.8 Å². The zero-order valence-corrected chi connectivity index (χ0v) is 9.72. The Balaban J connectivity index is 2.19. The van der Waals surface area contributed by atoms with Gasteiger partial charge in [-0.15, -0.1) is 0 Å². The Morgan fingerprint density at radius 2 is 2.36 bits per heavy atom. The molecule has 1 aromatic heterocycles. The van der Waals surface area contributed by atoms with Gasteiger partial charge in [0.05, 0.1) is 6.26 Å². The summed E-state index contributed by atoms with van der Waals surface area (Å²) in [7, 11) is 0. The Morgan fingerprint density at radius 3 is 2.93 bits per heavy atom. The second kappa shape index (κ2) is 6.14. The summed E-state index contributed by atoms with van der Waals surface area (Å²) >= 11 is 1.94. The van der Waals surface area contributed by atoms with Crippen LogP contribution in [0.25, 0.3) is 0 Å². The van der Waals surface area contributed by atoms with Crippen LogP contribution in [0.5, 0.6) is 0 Å². The van der Waals surface area contributed by atoms with E-state index in [1.54, 1.807) is 6.26 Å². The molecule has 0 bridgehead atoms. The molecule has 0 fully saturated rings. The van der Waals surface area contributed by atoms with Crippen LogP contribution in [0.4, 0.5) is 0 Å². The molecule has 0 aliphatic rings. The van der Waals surface area contributed by atoms with Gasteiger partial charge in [0.1, 0.15) is 5.76 Å². The lowest BCUT2D eigenvalue weighted by molar-refractivity contribution is 0.493. The summed E-state index contributed by atoms with van der Waals surface area (Å²) in [5.41, 5.74) is 5.99. The molecule has 2 nitrogen and oxygen atoms in total. The van der Waals surface area contributed by atoms with Gasteiger partial charge in [-0.05, 0) is 18.6 Å². The fourth-order valence-corrected chi connectivity index (χ4v) is 2.08. The van der Waals surface area contributed by atoms with Gasteiger partial charge in [-0.2, -0.15) is 11.8 Å². The molecular formula is C11H19NOS. The van der Waals surface area contributed by atoms with Gasteiger partial charge in [0.15, 0.2) is 0 Å². The molecule has 1 rings (SSSR count). The number of hydrogen-bond donors (Lipinski definition) is 1. The second-order valence-corrected chi connectivity index (χ2v) is 5.07. The summed E-state index contributed by atoms with van der Waals surface area (Å²) < 4.78 is 5.25. The van der Waals surface area contributed by atoms with Crippen molar-refractivity contribution in [2.24, 2.45) is 5.73 Å². The van der Waals surface area contributed by atoms with Crippen molar-refractivity contribution >= 4 is 11.8 Å². The first-order valence-electron chi connectivity index (χ1n) is 5.12. The van der Waals surface area contributed by atoms with E-state index in [0.29, 0.717) is 5.25 Å². The maximum absolute atomic E-state index is 5.99. The van der Waals surface area contributed by atoms with Crippen molar-refractivity contribution in [2.45, 2.75) is 38.0 Å². The summed E-state index contributed by atoms with van der Waals surface area (Å²) in [5.74, 6) is 2.00. The second-order valence-electron chi connectivity index (χ2n) is 3.60. The van der Waals surface area contributed by atoms with Crippen molar-refractivity contribution < 1.29 is 4.42 Å². The Kier molecular flexibility index (Phi) is 5.12. The molecule has 3 heteroatoms. The van der Waals surface area contributed by atoms with Gasteiger partial charge >= 0.3 is 0 Å². The molecule has 14 heavy (non-hydrogen) atoms. The van der Waals surface area contributed by atoms with E-state index in [1.807, 2.05) is 23.9 Å². The van der Waals surface area contributed by atoms with E-state index in [9.17, 15) is 0 Å². The topological polar surface area (TPSA) is 39.2 Å². The Labute approximate surface area is 90.2 Å². The number of furan rings is 1. The normalized spacial score (nSPS) is 15.4. The lowest BCUT2D eigenvalue weighted by Crippen LogP contribution is -2.26. The molecule has 0 aliphatic heterocycles. The summed E-state index contributed by atoms with van der Waals surface area (Å²) in [6.07, 6.45) is 3.75. The van der Waals surface area contributed by atoms with Crippen LogP contribution in [0, 0.1) is 0 Å². The first-order valence-corrected chi connectivity index (χ1v) is 6.16. The van der Waals surface area contributed by atoms with E-state index in [1.165, 1.54) is 6.42 Å². The van der Waals surface area contributed by atoms with Gasteiger partial charge in [0.2, 0.25) is 0 Å². The largest absolute Gasteiger partial charge is 0.469 e. The van der Waals surface area contributed by atoms with Gasteiger partial charge in [0, 0.05) is 23.5 Å². The molecule has 0 aliphatic carbocycles. The van der Waals surface area contributed by atoms with Gasteiger partial charge in [-0.3, -0.25) is 0 Å². The lowest BCUT2D eigenvalue weighted by Gasteiger charge is -2.12. The minimum absolute atomic E-state index is 0.208. The first kappa shape index (κ1) is 11.7. The fourth-order valence-electron chi connectivity index (χ4n) is 1.15. The average Bonchev–Trinajstić information content (AvgIpc) is 2.66. The Hall–Kier alpha value is -0.410. The highest BCUT2D eigenvalue weighted by molar-refractivity contribution is 7.99. The SMILES string of the molecule is CCC(C)SCC(N)Cc1ccco1. The van der Waals surface area contributed by atoms with Gasteiger partial charge in [-0.1, -0.05) is 13.8 Å². The van der Waals surface area contributed by atoms with Crippen LogP contribution in [-0.4, -0.2) is 17.0 Å². The highest BCUT2D eigenvalue weighted by Gasteiger charge is 2.08. The highest BCUT2D eigenvalue weighted by Crippen LogP contribution is 2.15. The van der Waals surface area contributed by atoms with Crippen molar-refractivity contribution in [3.63, 3.8) is 0 Å². The molecule has 0 radical (unpaired) electrons. The molecule has 0 amide bonds. The third-order valence-corrected chi connectivity index (χ3v) is 3.74. The number of hydrogen-bond acceptors (Lipinski definition) is 3. The van der Waals surface area contributed by atoms with Crippen molar-refractivity contribution in [1.82, 2.24) is 0 Å². The van der Waals surface area contributed by atoms with Crippen LogP contribution >= 0.6 is 11.8 Å². The summed E-state index contributed by atoms with van der Waals surface area (Å²) in [6, 6.07) is 4.10. The zero-order valence-electron chi connectivity index (χ0n) is 8.90. The summed E-state index contributed by atoms with van der Waals surface area (Å²) in [5, 5.41) is 0.706. The van der Waals surface area contributed by atoms with Gasteiger partial charge in [-0.25, -0.2) is 0 Å². The Morgan fingerprint density at radius 1 is 1.57 bits per heavy atom. The standard InChI is InChI=1S/C11H19NOS/c1-3-9(2)14-8-10(12)7-11-5-4-6-13-11/h4-6,9-10H,3,7-8,12H2,1-2H3. The molecule has 1 aromatic rings. The lowest BCUT2D eigenvalue weighted by atomic mass is 10.2. The van der Waals surface area contributed by atoms with Crippen LogP contribution < -0.4 is 5.73 Å². The van der Waals surface area contributed by atoms with Crippen molar-refractivity contribution in [3.8, 4) is 0 Å². The quantitative estimate of drug-likeness (QED) is 0.789. The van der Waals surface area contributed by atoms with Crippen LogP contribution in [0.2, 0.25) is 0 Å². The molecule has 0 aromatic carbocycles. The zero-order chi connectivity index (χ0) is 10.4. The Bertz CT molecular complexity index is 235. The van der Waals surface area contributed by atoms with E-state index >= 15 is 0 Å². The van der Waals surface area contributed by atoms with Crippen molar-refractivity contribution in [2.75, 3.05) is 5.75 Å². The molecule has 80 valence electrons. The van der Waals surface area contributed by atoms with Crippen molar-refractivity contribution in [3.05, 3.63) is 24.2 Å². The predicted octanol–water partition coefficient (Wildman–Crippen LogP) is 2.68. The van der Waals surface area contributed by atoms with Crippen LogP contribution in [-0.2, 0) is 6.42 Å². The van der Waals surface area contributed by atoms with E-state index in [-0.39, 0.29) is 6.04 Å². The molecule has 0 spiro atoms. The molecule has 0 saturated heterocycles. The number of nitrogens with two attached hydrogens (primary N) is 1. The minimum atomic E-state index is 0.208. The number of rotatable bonds is 6. The average molecular weight is 213 g/mol. The predicted molar refractivity (Wildman–Crippen MR) is 62.6 cm³/mol. The van der Waals surface area contributed by atoms with Crippen molar-refractivity contribution in [1.29, 1.82) is 0 Å². The number of thioether (sulfide) groups is 1. The maximum atomic E-state index is 5.99. The fraction of sp³-hybridized carbons (Fsp3) is 0.636. The van der Waals surface area contributed by atoms with Crippen LogP contribution in [0.3, 0.4) is 0 Å². The smallest absolute Gasteiger partial charge is 0.105 e. The monoisotopic (exact) mass is 213 g/mol. The summed E-state index contributed by atoms with van der Waals surface area (Å²) in [4.78, 5) is 0. The summed E-state index contributed by atoms with van der Waals surface area (Å²) in [6.45, 7) is 4.44.